The van der Waals surface area contributed by atoms with Crippen LogP contribution in [0.15, 0.2) is 0 Å². The van der Waals surface area contributed by atoms with Crippen molar-refractivity contribution < 1.29 is 4.79 Å². The van der Waals surface area contributed by atoms with Crippen molar-refractivity contribution in [2.24, 2.45) is 11.7 Å². The normalized spacial score (nSPS) is 14.2. The van der Waals surface area contributed by atoms with E-state index in [0.717, 1.165) is 6.42 Å². The van der Waals surface area contributed by atoms with Crippen LogP contribution < -0.4 is 11.1 Å². The van der Waals surface area contributed by atoms with E-state index in [1.165, 1.54) is 0 Å². The molecule has 3 N–H and O–H groups in total. The molecule has 0 aliphatic heterocycles. The van der Waals surface area contributed by atoms with Crippen LogP contribution in [0.25, 0.3) is 0 Å². The van der Waals surface area contributed by atoms with E-state index in [1.807, 2.05) is 13.8 Å². The van der Waals surface area contributed by atoms with E-state index < -0.39 is 5.54 Å². The van der Waals surface area contributed by atoms with Crippen molar-refractivity contribution in [2.75, 3.05) is 0 Å². The van der Waals surface area contributed by atoms with Gasteiger partial charge in [-0.15, -0.1) is 0 Å². The first-order chi connectivity index (χ1) is 6.26. The van der Waals surface area contributed by atoms with Gasteiger partial charge in [0.15, 0.2) is 0 Å². The van der Waals surface area contributed by atoms with E-state index in [0.29, 0.717) is 12.3 Å². The van der Waals surface area contributed by atoms with E-state index in [-0.39, 0.29) is 11.9 Å². The molecule has 84 valence electrons. The third kappa shape index (κ3) is 5.97. The predicted molar refractivity (Wildman–Crippen MR) is 59.9 cm³/mol. The van der Waals surface area contributed by atoms with Crippen molar-refractivity contribution >= 4 is 5.91 Å². The minimum Gasteiger partial charge on any atom is -0.353 e. The van der Waals surface area contributed by atoms with Crippen molar-refractivity contribution in [2.45, 2.75) is 59.0 Å². The van der Waals surface area contributed by atoms with Crippen LogP contribution in [0.2, 0.25) is 0 Å². The molecule has 0 aromatic rings. The summed E-state index contributed by atoms with van der Waals surface area (Å²) < 4.78 is 0. The van der Waals surface area contributed by atoms with Gasteiger partial charge < -0.3 is 11.1 Å². The number of amides is 1. The second kappa shape index (κ2) is 5.35. The van der Waals surface area contributed by atoms with Crippen molar-refractivity contribution in [1.29, 1.82) is 0 Å². The summed E-state index contributed by atoms with van der Waals surface area (Å²) in [5.41, 5.74) is 5.35. The summed E-state index contributed by atoms with van der Waals surface area (Å²) in [4.78, 5) is 11.5. The summed E-state index contributed by atoms with van der Waals surface area (Å²) in [6, 6.07) is 0.268. The smallest absolute Gasteiger partial charge is 0.222 e. The molecule has 0 radical (unpaired) electrons. The highest BCUT2D eigenvalue weighted by Gasteiger charge is 2.19. The fourth-order valence-corrected chi connectivity index (χ4v) is 1.41. The van der Waals surface area contributed by atoms with Gasteiger partial charge in [0.1, 0.15) is 0 Å². The Hall–Kier alpha value is -0.570. The molecule has 14 heavy (non-hydrogen) atoms. The molecular weight excluding hydrogens is 176 g/mol. The Kier molecular flexibility index (Phi) is 5.13. The summed E-state index contributed by atoms with van der Waals surface area (Å²) in [6.07, 6.45) is 1.35. The first-order valence-electron chi connectivity index (χ1n) is 5.34. The third-order valence-electron chi connectivity index (χ3n) is 2.21. The molecule has 0 aromatic heterocycles. The number of carbonyl (C=O) groups excluding carboxylic acids is 1. The minimum absolute atomic E-state index is 0.0538. The highest BCUT2D eigenvalue weighted by molar-refractivity contribution is 5.77. The number of hydrogen-bond acceptors (Lipinski definition) is 2. The van der Waals surface area contributed by atoms with Gasteiger partial charge in [-0.05, 0) is 26.2 Å². The lowest BCUT2D eigenvalue weighted by Crippen LogP contribution is -2.44. The molecule has 0 heterocycles. The van der Waals surface area contributed by atoms with Crippen LogP contribution >= 0.6 is 0 Å². The Morgan fingerprint density at radius 2 is 1.93 bits per heavy atom. The lowest BCUT2D eigenvalue weighted by Gasteiger charge is -2.24. The summed E-state index contributed by atoms with van der Waals surface area (Å²) in [6.45, 7) is 10.0. The molecule has 1 unspecified atom stereocenters. The first-order valence-corrected chi connectivity index (χ1v) is 5.34. The molecule has 1 atom stereocenters. The fraction of sp³-hybridized carbons (Fsp3) is 0.909. The molecule has 1 amide bonds. The van der Waals surface area contributed by atoms with Crippen molar-refractivity contribution in [1.82, 2.24) is 5.32 Å². The van der Waals surface area contributed by atoms with Crippen LogP contribution in [-0.2, 0) is 4.79 Å². The molecule has 0 aliphatic carbocycles. The van der Waals surface area contributed by atoms with Crippen LogP contribution in [0.1, 0.15) is 47.5 Å². The number of nitrogens with one attached hydrogen (secondary N) is 1. The molecule has 3 heteroatoms. The van der Waals surface area contributed by atoms with Crippen molar-refractivity contribution in [3.05, 3.63) is 0 Å². The zero-order valence-electron chi connectivity index (χ0n) is 10.1. The quantitative estimate of drug-likeness (QED) is 0.709. The maximum absolute atomic E-state index is 11.5. The van der Waals surface area contributed by atoms with Gasteiger partial charge in [-0.2, -0.15) is 0 Å². The molecular formula is C11H24N2O. The third-order valence-corrected chi connectivity index (χ3v) is 2.21. The van der Waals surface area contributed by atoms with E-state index in [1.54, 1.807) is 0 Å². The Balaban J connectivity index is 4.04. The Morgan fingerprint density at radius 3 is 2.21 bits per heavy atom. The fourth-order valence-electron chi connectivity index (χ4n) is 1.41. The topological polar surface area (TPSA) is 55.1 Å². The van der Waals surface area contributed by atoms with E-state index in [2.05, 4.69) is 26.1 Å². The second-order valence-electron chi connectivity index (χ2n) is 4.99. The average Bonchev–Trinajstić information content (AvgIpc) is 1.96. The first kappa shape index (κ1) is 13.4. The van der Waals surface area contributed by atoms with Crippen LogP contribution in [0.5, 0.6) is 0 Å². The lowest BCUT2D eigenvalue weighted by atomic mass is 9.99. The highest BCUT2D eigenvalue weighted by Crippen LogP contribution is 2.08. The summed E-state index contributed by atoms with van der Waals surface area (Å²) >= 11 is 0. The molecule has 0 fully saturated rings. The molecule has 0 spiro atoms. The number of hydrogen-bond donors (Lipinski definition) is 2. The summed E-state index contributed by atoms with van der Waals surface area (Å²) in [5, 5.41) is 3.00. The van der Waals surface area contributed by atoms with Gasteiger partial charge >= 0.3 is 0 Å². The SMILES string of the molecule is CCC(NC(=O)CC(C)(C)N)C(C)C. The van der Waals surface area contributed by atoms with Gasteiger partial charge in [0.25, 0.3) is 0 Å². The van der Waals surface area contributed by atoms with Crippen molar-refractivity contribution in [3.63, 3.8) is 0 Å². The van der Waals surface area contributed by atoms with Gasteiger partial charge in [-0.25, -0.2) is 0 Å². The van der Waals surface area contributed by atoms with Gasteiger partial charge in [0.05, 0.1) is 0 Å². The van der Waals surface area contributed by atoms with Crippen LogP contribution in [0, 0.1) is 5.92 Å². The summed E-state index contributed by atoms with van der Waals surface area (Å²) in [5.74, 6) is 0.530. The predicted octanol–water partition coefficient (Wildman–Crippen LogP) is 1.66. The Bertz CT molecular complexity index is 182. The highest BCUT2D eigenvalue weighted by atomic mass is 16.1. The van der Waals surface area contributed by atoms with E-state index >= 15 is 0 Å². The molecule has 0 bridgehead atoms. The van der Waals surface area contributed by atoms with Gasteiger partial charge in [0, 0.05) is 18.0 Å². The van der Waals surface area contributed by atoms with Crippen LogP contribution in [0.3, 0.4) is 0 Å². The summed E-state index contributed by atoms with van der Waals surface area (Å²) in [7, 11) is 0. The number of rotatable bonds is 5. The van der Waals surface area contributed by atoms with E-state index in [9.17, 15) is 4.79 Å². The van der Waals surface area contributed by atoms with Gasteiger partial charge in [-0.3, -0.25) is 4.79 Å². The standard InChI is InChI=1S/C11H24N2O/c1-6-9(8(2)3)13-10(14)7-11(4,5)12/h8-9H,6-7,12H2,1-5H3,(H,13,14). The van der Waals surface area contributed by atoms with Crippen molar-refractivity contribution in [3.8, 4) is 0 Å². The molecule has 0 saturated heterocycles. The van der Waals surface area contributed by atoms with Gasteiger partial charge in [0.2, 0.25) is 5.91 Å². The maximum Gasteiger partial charge on any atom is 0.222 e. The zero-order valence-corrected chi connectivity index (χ0v) is 10.1. The molecule has 0 aliphatic rings. The molecule has 0 rings (SSSR count). The molecule has 0 saturated carbocycles. The number of carbonyl (C=O) groups is 1. The second-order valence-corrected chi connectivity index (χ2v) is 4.99. The molecule has 0 aromatic carbocycles. The number of nitrogens with two attached hydrogens (primary N) is 1. The zero-order chi connectivity index (χ0) is 11.4. The Labute approximate surface area is 87.4 Å². The van der Waals surface area contributed by atoms with E-state index in [4.69, 9.17) is 5.73 Å². The minimum atomic E-state index is -0.417. The average molecular weight is 200 g/mol. The lowest BCUT2D eigenvalue weighted by molar-refractivity contribution is -0.123. The van der Waals surface area contributed by atoms with Crippen LogP contribution in [0.4, 0.5) is 0 Å². The largest absolute Gasteiger partial charge is 0.353 e. The Morgan fingerprint density at radius 1 is 1.43 bits per heavy atom. The molecule has 3 nitrogen and oxygen atoms in total. The van der Waals surface area contributed by atoms with Crippen LogP contribution in [-0.4, -0.2) is 17.5 Å². The monoisotopic (exact) mass is 200 g/mol. The maximum atomic E-state index is 11.5. The van der Waals surface area contributed by atoms with Gasteiger partial charge in [-0.1, -0.05) is 20.8 Å².